The van der Waals surface area contributed by atoms with E-state index in [2.05, 4.69) is 15.3 Å². The second kappa shape index (κ2) is 8.13. The first kappa shape index (κ1) is 21.6. The molecule has 11 heteroatoms. The van der Waals surface area contributed by atoms with E-state index < -0.39 is 29.6 Å². The smallest absolute Gasteiger partial charge is 0.356 e. The molecule has 3 aromatic heterocycles. The van der Waals surface area contributed by atoms with Gasteiger partial charge in [0.25, 0.3) is 11.5 Å². The quantitative estimate of drug-likeness (QED) is 0.579. The molecule has 0 spiro atoms. The number of halogens is 3. The lowest BCUT2D eigenvalue weighted by molar-refractivity contribution is -0.0221. The zero-order valence-electron chi connectivity index (χ0n) is 17.1. The molecule has 3 aromatic rings. The number of nitrogens with zero attached hydrogens (tertiary/aromatic N) is 4. The number of rotatable bonds is 5. The average molecular weight is 447 g/mol. The maximum Gasteiger partial charge on any atom is 0.356 e. The summed E-state index contributed by atoms with van der Waals surface area (Å²) < 4.78 is 41.8. The minimum absolute atomic E-state index is 0.0782. The Bertz CT molecular complexity index is 1240. The average Bonchev–Trinajstić information content (AvgIpc) is 2.74. The van der Waals surface area contributed by atoms with Crippen LogP contribution in [-0.4, -0.2) is 44.5 Å². The fourth-order valence-corrected chi connectivity index (χ4v) is 3.72. The van der Waals surface area contributed by atoms with Gasteiger partial charge in [-0.15, -0.1) is 0 Å². The zero-order valence-corrected chi connectivity index (χ0v) is 17.1. The maximum atomic E-state index is 13.5. The Morgan fingerprint density at radius 2 is 1.94 bits per heavy atom. The molecule has 1 fully saturated rings. The standard InChI is InChI=1S/C21H20F3N5O3/c1-12(25-14-4-5-15(22)26-18(14)20(31)32)13-3-2-8-29-17(30)11-16(27-19(13)29)28-9-6-21(23,24)7-10-28/h2-5,8,11-12,25H,6-7,9-10H2,1H3,(H,31,32)/t12-/m1/s1. The van der Waals surface area contributed by atoms with Crippen LogP contribution in [0.2, 0.25) is 0 Å². The van der Waals surface area contributed by atoms with Crippen LogP contribution in [0.15, 0.2) is 41.3 Å². The van der Waals surface area contributed by atoms with E-state index >= 15 is 0 Å². The van der Waals surface area contributed by atoms with E-state index in [9.17, 15) is 27.9 Å². The van der Waals surface area contributed by atoms with Crippen molar-refractivity contribution in [2.24, 2.45) is 0 Å². The SMILES string of the molecule is C[C@@H](Nc1ccc(F)nc1C(=O)O)c1cccn2c(=O)cc(N3CCC(F)(F)CC3)nc12. The molecular weight excluding hydrogens is 427 g/mol. The van der Waals surface area contributed by atoms with Crippen molar-refractivity contribution < 1.29 is 23.1 Å². The van der Waals surface area contributed by atoms with E-state index in [0.29, 0.717) is 17.0 Å². The van der Waals surface area contributed by atoms with E-state index in [0.717, 1.165) is 6.07 Å². The van der Waals surface area contributed by atoms with Crippen molar-refractivity contribution in [2.45, 2.75) is 31.7 Å². The Kier molecular flexibility index (Phi) is 5.49. The van der Waals surface area contributed by atoms with E-state index in [-0.39, 0.29) is 37.2 Å². The summed E-state index contributed by atoms with van der Waals surface area (Å²) in [6.07, 6.45) is 0.906. The molecule has 0 aliphatic carbocycles. The molecule has 1 aliphatic rings. The highest BCUT2D eigenvalue weighted by Gasteiger charge is 2.34. The summed E-state index contributed by atoms with van der Waals surface area (Å²) in [5.41, 5.74) is 0.127. The summed E-state index contributed by atoms with van der Waals surface area (Å²) in [5, 5.41) is 12.3. The van der Waals surface area contributed by atoms with Crippen LogP contribution in [0, 0.1) is 5.95 Å². The minimum Gasteiger partial charge on any atom is -0.476 e. The van der Waals surface area contributed by atoms with Crippen molar-refractivity contribution in [3.63, 3.8) is 0 Å². The van der Waals surface area contributed by atoms with Gasteiger partial charge in [0, 0.05) is 43.8 Å². The predicted octanol–water partition coefficient (Wildman–Crippen LogP) is 3.34. The van der Waals surface area contributed by atoms with Gasteiger partial charge in [0.05, 0.1) is 11.7 Å². The number of anilines is 2. The van der Waals surface area contributed by atoms with Gasteiger partial charge in [0.1, 0.15) is 11.5 Å². The van der Waals surface area contributed by atoms with Crippen molar-refractivity contribution in [3.8, 4) is 0 Å². The Balaban J connectivity index is 1.71. The van der Waals surface area contributed by atoms with Gasteiger partial charge in [0.15, 0.2) is 5.69 Å². The molecule has 4 rings (SSSR count). The highest BCUT2D eigenvalue weighted by atomic mass is 19.3. The zero-order chi connectivity index (χ0) is 23.0. The van der Waals surface area contributed by atoms with Gasteiger partial charge in [-0.05, 0) is 25.1 Å². The van der Waals surface area contributed by atoms with Crippen molar-refractivity contribution in [1.82, 2.24) is 14.4 Å². The first-order chi connectivity index (χ1) is 15.1. The highest BCUT2D eigenvalue weighted by Crippen LogP contribution is 2.30. The van der Waals surface area contributed by atoms with Crippen molar-refractivity contribution in [1.29, 1.82) is 0 Å². The topological polar surface area (TPSA) is 99.8 Å². The lowest BCUT2D eigenvalue weighted by atomic mass is 10.1. The minimum atomic E-state index is -2.73. The number of hydrogen-bond acceptors (Lipinski definition) is 6. The molecule has 0 unspecified atom stereocenters. The van der Waals surface area contributed by atoms with Gasteiger partial charge in [-0.25, -0.2) is 23.5 Å². The molecule has 1 saturated heterocycles. The lowest BCUT2D eigenvalue weighted by Gasteiger charge is -2.32. The van der Waals surface area contributed by atoms with Crippen molar-refractivity contribution in [3.05, 3.63) is 64.1 Å². The van der Waals surface area contributed by atoms with Crippen LogP contribution in [0.5, 0.6) is 0 Å². The Labute approximate surface area is 180 Å². The van der Waals surface area contributed by atoms with Crippen LogP contribution < -0.4 is 15.8 Å². The number of carboxylic acid groups (broad SMARTS) is 1. The van der Waals surface area contributed by atoms with Crippen LogP contribution >= 0.6 is 0 Å². The van der Waals surface area contributed by atoms with Gasteiger partial charge in [0.2, 0.25) is 5.95 Å². The highest BCUT2D eigenvalue weighted by molar-refractivity contribution is 5.92. The molecule has 0 amide bonds. The summed E-state index contributed by atoms with van der Waals surface area (Å²) in [6.45, 7) is 1.88. The van der Waals surface area contributed by atoms with Crippen LogP contribution in [0.25, 0.3) is 5.65 Å². The van der Waals surface area contributed by atoms with Crippen LogP contribution in [0.1, 0.15) is 41.9 Å². The first-order valence-corrected chi connectivity index (χ1v) is 9.96. The molecular formula is C21H20F3N5O3. The van der Waals surface area contributed by atoms with E-state index in [1.165, 1.54) is 22.7 Å². The molecule has 4 heterocycles. The molecule has 2 N–H and O–H groups in total. The van der Waals surface area contributed by atoms with Gasteiger partial charge >= 0.3 is 5.97 Å². The van der Waals surface area contributed by atoms with Crippen LogP contribution in [0.3, 0.4) is 0 Å². The molecule has 168 valence electrons. The fourth-order valence-electron chi connectivity index (χ4n) is 3.72. The van der Waals surface area contributed by atoms with E-state index in [1.807, 2.05) is 0 Å². The third-order valence-electron chi connectivity index (χ3n) is 5.43. The maximum absolute atomic E-state index is 13.5. The predicted molar refractivity (Wildman–Crippen MR) is 111 cm³/mol. The number of nitrogens with one attached hydrogen (secondary N) is 1. The number of pyridine rings is 2. The van der Waals surface area contributed by atoms with E-state index in [4.69, 9.17) is 0 Å². The van der Waals surface area contributed by atoms with Gasteiger partial charge in [-0.1, -0.05) is 6.07 Å². The van der Waals surface area contributed by atoms with Crippen LogP contribution in [0.4, 0.5) is 24.7 Å². The van der Waals surface area contributed by atoms with E-state index in [1.54, 1.807) is 24.0 Å². The number of carbonyl (C=O) groups is 1. The molecule has 32 heavy (non-hydrogen) atoms. The molecule has 0 radical (unpaired) electrons. The number of carboxylic acids is 1. The third kappa shape index (κ3) is 4.23. The summed E-state index contributed by atoms with van der Waals surface area (Å²) >= 11 is 0. The van der Waals surface area contributed by atoms with Gasteiger partial charge in [-0.2, -0.15) is 4.39 Å². The second-order valence-electron chi connectivity index (χ2n) is 7.65. The number of hydrogen-bond donors (Lipinski definition) is 2. The van der Waals surface area contributed by atoms with Crippen molar-refractivity contribution in [2.75, 3.05) is 23.3 Å². The number of alkyl halides is 2. The molecule has 0 aromatic carbocycles. The van der Waals surface area contributed by atoms with Crippen LogP contribution in [-0.2, 0) is 0 Å². The number of aromatic nitrogens is 3. The Morgan fingerprint density at radius 3 is 2.62 bits per heavy atom. The molecule has 8 nitrogen and oxygen atoms in total. The fraction of sp³-hybridized carbons (Fsp3) is 0.333. The molecule has 0 bridgehead atoms. The monoisotopic (exact) mass is 447 g/mol. The lowest BCUT2D eigenvalue weighted by Crippen LogP contribution is -2.40. The number of piperidine rings is 1. The largest absolute Gasteiger partial charge is 0.476 e. The molecule has 1 atom stereocenters. The Morgan fingerprint density at radius 1 is 1.22 bits per heavy atom. The summed E-state index contributed by atoms with van der Waals surface area (Å²) in [5.74, 6) is -4.73. The van der Waals surface area contributed by atoms with Crippen molar-refractivity contribution >= 4 is 23.1 Å². The first-order valence-electron chi connectivity index (χ1n) is 9.96. The molecule has 1 aliphatic heterocycles. The number of fused-ring (bicyclic) bond motifs is 1. The summed E-state index contributed by atoms with van der Waals surface area (Å²) in [4.78, 5) is 33.7. The van der Waals surface area contributed by atoms with Gasteiger partial charge < -0.3 is 15.3 Å². The normalized spacial score (nSPS) is 16.7. The Hall–Kier alpha value is -3.63. The number of aromatic carboxylic acids is 1. The van der Waals surface area contributed by atoms with Gasteiger partial charge in [-0.3, -0.25) is 9.20 Å². The third-order valence-corrected chi connectivity index (χ3v) is 5.43. The summed E-state index contributed by atoms with van der Waals surface area (Å²) in [7, 11) is 0. The molecule has 0 saturated carbocycles. The second-order valence-corrected chi connectivity index (χ2v) is 7.65. The summed E-state index contributed by atoms with van der Waals surface area (Å²) in [6, 6.07) is 6.44.